The van der Waals surface area contributed by atoms with Crippen molar-refractivity contribution in [1.29, 1.82) is 0 Å². The van der Waals surface area contributed by atoms with Gasteiger partial charge < -0.3 is 14.8 Å². The first-order valence-corrected chi connectivity index (χ1v) is 11.9. The van der Waals surface area contributed by atoms with Crippen molar-refractivity contribution in [2.45, 2.75) is 37.6 Å². The smallest absolute Gasteiger partial charge is 0.243 e. The largest absolute Gasteiger partial charge is 0.497 e. The van der Waals surface area contributed by atoms with Crippen molar-refractivity contribution in [3.05, 3.63) is 54.1 Å². The summed E-state index contributed by atoms with van der Waals surface area (Å²) in [5.41, 5.74) is 1.03. The summed E-state index contributed by atoms with van der Waals surface area (Å²) >= 11 is 0. The van der Waals surface area contributed by atoms with Crippen LogP contribution in [0, 0.1) is 12.8 Å². The average molecular weight is 447 g/mol. The van der Waals surface area contributed by atoms with Crippen LogP contribution in [0.3, 0.4) is 0 Å². The third kappa shape index (κ3) is 5.77. The monoisotopic (exact) mass is 446 g/mol. The summed E-state index contributed by atoms with van der Waals surface area (Å²) in [5, 5.41) is 2.96. The van der Waals surface area contributed by atoms with E-state index in [0.29, 0.717) is 31.7 Å². The number of nitrogens with zero attached hydrogens (tertiary/aromatic N) is 1. The Morgan fingerprint density at radius 1 is 1.19 bits per heavy atom. The number of carbonyl (C=O) groups is 1. The van der Waals surface area contributed by atoms with Gasteiger partial charge in [0.05, 0.1) is 24.0 Å². The highest BCUT2D eigenvalue weighted by Gasteiger charge is 2.33. The van der Waals surface area contributed by atoms with Gasteiger partial charge in [0.25, 0.3) is 0 Å². The van der Waals surface area contributed by atoms with Gasteiger partial charge in [0.15, 0.2) is 0 Å². The normalized spacial score (nSPS) is 18.2. The number of nitrogens with one attached hydrogen (secondary N) is 1. The maximum atomic E-state index is 13.0. The van der Waals surface area contributed by atoms with Gasteiger partial charge in [0.1, 0.15) is 18.1 Å². The second-order valence-corrected chi connectivity index (χ2v) is 9.80. The zero-order valence-corrected chi connectivity index (χ0v) is 19.0. The molecular weight excluding hydrogens is 416 g/mol. The Bertz CT molecular complexity index is 991. The number of sulfonamides is 1. The predicted molar refractivity (Wildman–Crippen MR) is 119 cm³/mol. The lowest BCUT2D eigenvalue weighted by Gasteiger charge is -2.32. The number of carbonyl (C=O) groups excluding carboxylic acids is 1. The van der Waals surface area contributed by atoms with Gasteiger partial charge >= 0.3 is 0 Å². The average Bonchev–Trinajstić information content (AvgIpc) is 2.78. The lowest BCUT2D eigenvalue weighted by molar-refractivity contribution is -0.126. The molecule has 0 saturated carbocycles. The molecule has 0 radical (unpaired) electrons. The van der Waals surface area contributed by atoms with Crippen LogP contribution >= 0.6 is 0 Å². The highest BCUT2D eigenvalue weighted by molar-refractivity contribution is 7.89. The molecule has 168 valence electrons. The van der Waals surface area contributed by atoms with Crippen LogP contribution in [-0.4, -0.2) is 51.5 Å². The van der Waals surface area contributed by atoms with Crippen molar-refractivity contribution in [1.82, 2.24) is 9.62 Å². The zero-order chi connectivity index (χ0) is 22.4. The topological polar surface area (TPSA) is 84.9 Å². The quantitative estimate of drug-likeness (QED) is 0.674. The summed E-state index contributed by atoms with van der Waals surface area (Å²) in [6.07, 6.45) is 1.30. The van der Waals surface area contributed by atoms with Crippen LogP contribution < -0.4 is 14.8 Å². The first kappa shape index (κ1) is 23.1. The Hall–Kier alpha value is -2.58. The van der Waals surface area contributed by atoms with Gasteiger partial charge in [0.2, 0.25) is 15.9 Å². The minimum absolute atomic E-state index is 0.143. The van der Waals surface area contributed by atoms with Crippen molar-refractivity contribution in [2.75, 3.05) is 26.8 Å². The molecule has 3 rings (SSSR count). The number of benzene rings is 2. The molecule has 2 aromatic carbocycles. The zero-order valence-electron chi connectivity index (χ0n) is 18.2. The number of hydrogen-bond donors (Lipinski definition) is 1. The number of rotatable bonds is 8. The van der Waals surface area contributed by atoms with E-state index < -0.39 is 10.0 Å². The highest BCUT2D eigenvalue weighted by Crippen LogP contribution is 2.25. The predicted octanol–water partition coefficient (Wildman–Crippen LogP) is 2.99. The van der Waals surface area contributed by atoms with Crippen LogP contribution in [0.2, 0.25) is 0 Å². The van der Waals surface area contributed by atoms with E-state index in [0.717, 1.165) is 11.3 Å². The van der Waals surface area contributed by atoms with E-state index in [-0.39, 0.29) is 29.3 Å². The number of aryl methyl sites for hydroxylation is 1. The Kier molecular flexibility index (Phi) is 7.56. The Morgan fingerprint density at radius 3 is 2.58 bits per heavy atom. The van der Waals surface area contributed by atoms with Crippen molar-refractivity contribution in [3.8, 4) is 11.5 Å². The van der Waals surface area contributed by atoms with E-state index in [4.69, 9.17) is 9.47 Å². The standard InChI is InChI=1S/C23H30N2O5S/c1-17-7-4-5-9-22(17)30-16-18(2)24-23(26)19-8-6-14-25(15-19)31(27,28)21-12-10-20(29-3)11-13-21/h4-5,7,9-13,18-19H,6,8,14-16H2,1-3H3,(H,24,26). The van der Waals surface area contributed by atoms with Crippen molar-refractivity contribution < 1.29 is 22.7 Å². The summed E-state index contributed by atoms with van der Waals surface area (Å²) in [6.45, 7) is 4.77. The van der Waals surface area contributed by atoms with Crippen LogP contribution in [0.15, 0.2) is 53.4 Å². The van der Waals surface area contributed by atoms with Crippen LogP contribution in [0.5, 0.6) is 11.5 Å². The fraction of sp³-hybridized carbons (Fsp3) is 0.435. The molecule has 1 fully saturated rings. The van der Waals surface area contributed by atoms with Crippen LogP contribution in [0.1, 0.15) is 25.3 Å². The third-order valence-electron chi connectivity index (χ3n) is 5.42. The molecule has 1 heterocycles. The van der Waals surface area contributed by atoms with Gasteiger partial charge in [-0.25, -0.2) is 8.42 Å². The molecule has 7 nitrogen and oxygen atoms in total. The van der Waals surface area contributed by atoms with Gasteiger partial charge in [-0.15, -0.1) is 0 Å². The Labute approximate surface area is 184 Å². The fourth-order valence-electron chi connectivity index (χ4n) is 3.61. The number of ether oxygens (including phenoxy) is 2. The van der Waals surface area contributed by atoms with E-state index in [1.165, 1.54) is 23.5 Å². The highest BCUT2D eigenvalue weighted by atomic mass is 32.2. The molecule has 0 aromatic heterocycles. The van der Waals surface area contributed by atoms with Crippen molar-refractivity contribution in [3.63, 3.8) is 0 Å². The number of hydrogen-bond acceptors (Lipinski definition) is 5. The van der Waals surface area contributed by atoms with Crippen LogP contribution in [0.4, 0.5) is 0 Å². The molecule has 1 amide bonds. The van der Waals surface area contributed by atoms with Gasteiger partial charge in [-0.1, -0.05) is 18.2 Å². The fourth-order valence-corrected chi connectivity index (χ4v) is 5.13. The maximum absolute atomic E-state index is 13.0. The van der Waals surface area contributed by atoms with Gasteiger partial charge in [-0.05, 0) is 62.6 Å². The van der Waals surface area contributed by atoms with E-state index >= 15 is 0 Å². The molecule has 2 unspecified atom stereocenters. The molecule has 0 bridgehead atoms. The summed E-state index contributed by atoms with van der Waals surface area (Å²) in [7, 11) is -2.13. The molecule has 8 heteroatoms. The molecule has 31 heavy (non-hydrogen) atoms. The second-order valence-electron chi connectivity index (χ2n) is 7.86. The van der Waals surface area contributed by atoms with Gasteiger partial charge in [-0.2, -0.15) is 4.31 Å². The Balaban J connectivity index is 1.57. The number of methoxy groups -OCH3 is 1. The minimum Gasteiger partial charge on any atom is -0.497 e. The molecule has 0 spiro atoms. The first-order valence-electron chi connectivity index (χ1n) is 10.4. The SMILES string of the molecule is COc1ccc(S(=O)(=O)N2CCCC(C(=O)NC(C)COc3ccccc3C)C2)cc1. The number of para-hydroxylation sites is 1. The van der Waals surface area contributed by atoms with E-state index in [1.807, 2.05) is 38.1 Å². The van der Waals surface area contributed by atoms with Crippen LogP contribution in [-0.2, 0) is 14.8 Å². The molecule has 1 aliphatic rings. The number of piperidine rings is 1. The summed E-state index contributed by atoms with van der Waals surface area (Å²) in [4.78, 5) is 13.0. The molecule has 2 aromatic rings. The molecule has 1 aliphatic heterocycles. The molecule has 1 saturated heterocycles. The molecular formula is C23H30N2O5S. The van der Waals surface area contributed by atoms with E-state index in [9.17, 15) is 13.2 Å². The molecule has 0 aliphatic carbocycles. The van der Waals surface area contributed by atoms with Gasteiger partial charge in [-0.3, -0.25) is 4.79 Å². The number of amides is 1. The molecule has 1 N–H and O–H groups in total. The second kappa shape index (κ2) is 10.2. The first-order chi connectivity index (χ1) is 14.8. The summed E-state index contributed by atoms with van der Waals surface area (Å²) < 4.78 is 38.3. The van der Waals surface area contributed by atoms with Crippen molar-refractivity contribution >= 4 is 15.9 Å². The lowest BCUT2D eigenvalue weighted by atomic mass is 9.98. The minimum atomic E-state index is -3.66. The molecule has 2 atom stereocenters. The lowest BCUT2D eigenvalue weighted by Crippen LogP contribution is -2.48. The van der Waals surface area contributed by atoms with Gasteiger partial charge in [0, 0.05) is 13.1 Å². The third-order valence-corrected chi connectivity index (χ3v) is 7.30. The summed E-state index contributed by atoms with van der Waals surface area (Å²) in [5.74, 6) is 0.855. The summed E-state index contributed by atoms with van der Waals surface area (Å²) in [6, 6.07) is 13.8. The van der Waals surface area contributed by atoms with Crippen molar-refractivity contribution in [2.24, 2.45) is 5.92 Å². The maximum Gasteiger partial charge on any atom is 0.243 e. The van der Waals surface area contributed by atoms with E-state index in [1.54, 1.807) is 12.1 Å². The Morgan fingerprint density at radius 2 is 1.90 bits per heavy atom. The van der Waals surface area contributed by atoms with E-state index in [2.05, 4.69) is 5.32 Å². The van der Waals surface area contributed by atoms with Crippen LogP contribution in [0.25, 0.3) is 0 Å².